The molecule has 1 amide bonds. The zero-order chi connectivity index (χ0) is 17.1. The highest BCUT2D eigenvalue weighted by Gasteiger charge is 2.19. The van der Waals surface area contributed by atoms with Crippen LogP contribution in [0.25, 0.3) is 11.0 Å². The monoisotopic (exact) mass is 327 g/mol. The summed E-state index contributed by atoms with van der Waals surface area (Å²) in [7, 11) is 3.03. The molecule has 3 heterocycles. The summed E-state index contributed by atoms with van der Waals surface area (Å²) in [6, 6.07) is 3.50. The van der Waals surface area contributed by atoms with Crippen molar-refractivity contribution in [2.45, 2.75) is 13.3 Å². The molecule has 0 bridgehead atoms. The Hall–Kier alpha value is -3.09. The van der Waals surface area contributed by atoms with Gasteiger partial charge in [0.15, 0.2) is 11.3 Å². The molecular formula is C17H17N3O4. The minimum Gasteiger partial charge on any atom is -0.493 e. The van der Waals surface area contributed by atoms with E-state index < -0.39 is 0 Å². The predicted octanol–water partition coefficient (Wildman–Crippen LogP) is 3.05. The lowest BCUT2D eigenvalue weighted by molar-refractivity contribution is 0.102. The molecule has 0 fully saturated rings. The van der Waals surface area contributed by atoms with Gasteiger partial charge in [-0.25, -0.2) is 4.98 Å². The standard InChI is InChI=1S/C17H17N3O4/c1-4-10-7-11-12(8-19-17(23-3)15(11)24-10)16(21)20-13-5-6-18-9-14(13)22-2/h5-9H,4H2,1-3H3,(H,18,20,21). The maximum absolute atomic E-state index is 12.7. The first kappa shape index (κ1) is 15.8. The van der Waals surface area contributed by atoms with E-state index in [2.05, 4.69) is 15.3 Å². The number of pyridine rings is 2. The van der Waals surface area contributed by atoms with Crippen LogP contribution in [-0.4, -0.2) is 30.1 Å². The number of ether oxygens (including phenoxy) is 2. The van der Waals surface area contributed by atoms with Gasteiger partial charge < -0.3 is 19.2 Å². The van der Waals surface area contributed by atoms with Crippen LogP contribution in [0, 0.1) is 0 Å². The number of fused-ring (bicyclic) bond motifs is 1. The highest BCUT2D eigenvalue weighted by molar-refractivity contribution is 6.13. The first-order chi connectivity index (χ1) is 11.7. The number of hydrogen-bond donors (Lipinski definition) is 1. The number of anilines is 1. The molecule has 0 saturated heterocycles. The lowest BCUT2D eigenvalue weighted by Crippen LogP contribution is -2.13. The van der Waals surface area contributed by atoms with Crippen molar-refractivity contribution >= 4 is 22.6 Å². The van der Waals surface area contributed by atoms with Gasteiger partial charge in [-0.3, -0.25) is 9.78 Å². The van der Waals surface area contributed by atoms with Crippen LogP contribution in [0.5, 0.6) is 11.6 Å². The maximum atomic E-state index is 12.7. The zero-order valence-electron chi connectivity index (χ0n) is 13.6. The summed E-state index contributed by atoms with van der Waals surface area (Å²) in [5, 5.41) is 3.46. The second-order valence-electron chi connectivity index (χ2n) is 5.02. The molecule has 7 heteroatoms. The van der Waals surface area contributed by atoms with Gasteiger partial charge in [0.05, 0.1) is 31.7 Å². The molecule has 0 spiro atoms. The summed E-state index contributed by atoms with van der Waals surface area (Å²) in [6.45, 7) is 1.97. The van der Waals surface area contributed by atoms with E-state index in [-0.39, 0.29) is 5.91 Å². The van der Waals surface area contributed by atoms with Gasteiger partial charge in [-0.2, -0.15) is 0 Å². The SMILES string of the molecule is CCc1cc2c(C(=O)Nc3ccncc3OC)cnc(OC)c2o1. The maximum Gasteiger partial charge on any atom is 0.258 e. The Balaban J connectivity index is 2.02. The number of amides is 1. The van der Waals surface area contributed by atoms with Crippen LogP contribution >= 0.6 is 0 Å². The molecule has 0 aromatic carbocycles. The quantitative estimate of drug-likeness (QED) is 0.775. The van der Waals surface area contributed by atoms with E-state index >= 15 is 0 Å². The van der Waals surface area contributed by atoms with Crippen molar-refractivity contribution in [1.29, 1.82) is 0 Å². The third kappa shape index (κ3) is 2.76. The summed E-state index contributed by atoms with van der Waals surface area (Å²) in [4.78, 5) is 20.8. The number of aromatic nitrogens is 2. The van der Waals surface area contributed by atoms with Gasteiger partial charge in [-0.1, -0.05) is 6.92 Å². The number of nitrogens with one attached hydrogen (secondary N) is 1. The Morgan fingerprint density at radius 1 is 1.29 bits per heavy atom. The number of furan rings is 1. The van der Waals surface area contributed by atoms with Crippen LogP contribution < -0.4 is 14.8 Å². The van der Waals surface area contributed by atoms with Crippen LogP contribution in [0.4, 0.5) is 5.69 Å². The van der Waals surface area contributed by atoms with Gasteiger partial charge in [0, 0.05) is 24.2 Å². The number of methoxy groups -OCH3 is 2. The third-order valence-corrected chi connectivity index (χ3v) is 3.62. The lowest BCUT2D eigenvalue weighted by Gasteiger charge is -2.10. The van der Waals surface area contributed by atoms with Gasteiger partial charge in [-0.15, -0.1) is 0 Å². The largest absolute Gasteiger partial charge is 0.493 e. The van der Waals surface area contributed by atoms with Crippen molar-refractivity contribution in [3.8, 4) is 11.6 Å². The summed E-state index contributed by atoms with van der Waals surface area (Å²) < 4.78 is 16.1. The first-order valence-corrected chi connectivity index (χ1v) is 7.42. The third-order valence-electron chi connectivity index (χ3n) is 3.62. The Morgan fingerprint density at radius 2 is 2.12 bits per heavy atom. The van der Waals surface area contributed by atoms with Gasteiger partial charge in [0.25, 0.3) is 11.8 Å². The molecule has 3 aromatic rings. The summed E-state index contributed by atoms with van der Waals surface area (Å²) in [5.74, 6) is 1.27. The average molecular weight is 327 g/mol. The fourth-order valence-electron chi connectivity index (χ4n) is 2.39. The van der Waals surface area contributed by atoms with Crippen molar-refractivity contribution < 1.29 is 18.7 Å². The molecule has 0 unspecified atom stereocenters. The highest BCUT2D eigenvalue weighted by Crippen LogP contribution is 2.31. The number of hydrogen-bond acceptors (Lipinski definition) is 6. The number of rotatable bonds is 5. The van der Waals surface area contributed by atoms with Crippen LogP contribution in [0.3, 0.4) is 0 Å². The van der Waals surface area contributed by atoms with Gasteiger partial charge in [0.2, 0.25) is 0 Å². The van der Waals surface area contributed by atoms with E-state index in [0.717, 1.165) is 5.76 Å². The van der Waals surface area contributed by atoms with Crippen LogP contribution in [0.15, 0.2) is 35.1 Å². The molecule has 0 aliphatic carbocycles. The molecule has 3 rings (SSSR count). The molecule has 0 aliphatic rings. The Bertz CT molecular complexity index is 889. The van der Waals surface area contributed by atoms with E-state index in [1.54, 1.807) is 12.3 Å². The molecule has 0 atom stereocenters. The number of aryl methyl sites for hydroxylation is 1. The topological polar surface area (TPSA) is 86.5 Å². The Kier molecular flexibility index (Phi) is 4.33. The molecular weight excluding hydrogens is 310 g/mol. The first-order valence-electron chi connectivity index (χ1n) is 7.42. The smallest absolute Gasteiger partial charge is 0.258 e. The van der Waals surface area contributed by atoms with Gasteiger partial charge >= 0.3 is 0 Å². The second kappa shape index (κ2) is 6.57. The fraction of sp³-hybridized carbons (Fsp3) is 0.235. The van der Waals surface area contributed by atoms with Crippen LogP contribution in [0.2, 0.25) is 0 Å². The summed E-state index contributed by atoms with van der Waals surface area (Å²) >= 11 is 0. The lowest BCUT2D eigenvalue weighted by atomic mass is 10.1. The van der Waals surface area contributed by atoms with Gasteiger partial charge in [0.1, 0.15) is 5.76 Å². The molecule has 7 nitrogen and oxygen atoms in total. The van der Waals surface area contributed by atoms with Crippen LogP contribution in [0.1, 0.15) is 23.0 Å². The van der Waals surface area contributed by atoms with E-state index in [1.807, 2.05) is 13.0 Å². The van der Waals surface area contributed by atoms with E-state index in [4.69, 9.17) is 13.9 Å². The van der Waals surface area contributed by atoms with Crippen molar-refractivity contribution in [1.82, 2.24) is 9.97 Å². The molecule has 124 valence electrons. The minimum absolute atomic E-state index is 0.317. The predicted molar refractivity (Wildman–Crippen MR) is 88.7 cm³/mol. The molecule has 0 saturated carbocycles. The van der Waals surface area contributed by atoms with Crippen molar-refractivity contribution in [2.24, 2.45) is 0 Å². The number of carbonyl (C=O) groups is 1. The molecule has 1 N–H and O–H groups in total. The zero-order valence-corrected chi connectivity index (χ0v) is 13.6. The van der Waals surface area contributed by atoms with E-state index in [9.17, 15) is 4.79 Å². The minimum atomic E-state index is -0.317. The summed E-state index contributed by atoms with van der Waals surface area (Å²) in [5.41, 5.74) is 1.39. The van der Waals surface area contributed by atoms with E-state index in [1.165, 1.54) is 26.6 Å². The Morgan fingerprint density at radius 3 is 2.83 bits per heavy atom. The fourth-order valence-corrected chi connectivity index (χ4v) is 2.39. The van der Waals surface area contributed by atoms with Crippen molar-refractivity contribution in [3.05, 3.63) is 42.0 Å². The molecule has 3 aromatic heterocycles. The Labute approximate surface area is 138 Å². The van der Waals surface area contributed by atoms with E-state index in [0.29, 0.717) is 40.3 Å². The van der Waals surface area contributed by atoms with Gasteiger partial charge in [-0.05, 0) is 12.1 Å². The summed E-state index contributed by atoms with van der Waals surface area (Å²) in [6.07, 6.45) is 5.29. The van der Waals surface area contributed by atoms with Crippen molar-refractivity contribution in [2.75, 3.05) is 19.5 Å². The van der Waals surface area contributed by atoms with Crippen LogP contribution in [-0.2, 0) is 6.42 Å². The molecule has 0 radical (unpaired) electrons. The highest BCUT2D eigenvalue weighted by atomic mass is 16.5. The van der Waals surface area contributed by atoms with Crippen molar-refractivity contribution in [3.63, 3.8) is 0 Å². The molecule has 0 aliphatic heterocycles. The average Bonchev–Trinajstić information content (AvgIpc) is 3.05. The number of nitrogens with zero attached hydrogens (tertiary/aromatic N) is 2. The normalized spacial score (nSPS) is 10.6. The second-order valence-corrected chi connectivity index (χ2v) is 5.02. The number of carbonyl (C=O) groups excluding carboxylic acids is 1. The molecule has 24 heavy (non-hydrogen) atoms.